The van der Waals surface area contributed by atoms with E-state index in [9.17, 15) is 5.11 Å². The topological polar surface area (TPSA) is 29.5 Å². The van der Waals surface area contributed by atoms with Crippen LogP contribution in [0.15, 0.2) is 36.4 Å². The standard InChI is InChI=1S/C19H24O2/c1-12(2)21-17-8-6-7-16(11-17)19(20)18-14(4)9-13(3)10-15(18)5/h6-12,19-20H,1-5H3. The van der Waals surface area contributed by atoms with Crippen LogP contribution in [0.1, 0.15) is 47.8 Å². The molecule has 0 radical (unpaired) electrons. The summed E-state index contributed by atoms with van der Waals surface area (Å²) < 4.78 is 5.71. The van der Waals surface area contributed by atoms with Crippen LogP contribution in [0.25, 0.3) is 0 Å². The molecule has 0 aliphatic heterocycles. The molecule has 0 bridgehead atoms. The second kappa shape index (κ2) is 6.31. The highest BCUT2D eigenvalue weighted by Gasteiger charge is 2.16. The lowest BCUT2D eigenvalue weighted by molar-refractivity contribution is 0.215. The summed E-state index contributed by atoms with van der Waals surface area (Å²) in [6.07, 6.45) is -0.499. The lowest BCUT2D eigenvalue weighted by Gasteiger charge is -2.19. The molecule has 1 unspecified atom stereocenters. The van der Waals surface area contributed by atoms with Crippen molar-refractivity contribution in [2.75, 3.05) is 0 Å². The van der Waals surface area contributed by atoms with Crippen LogP contribution in [-0.2, 0) is 0 Å². The Hall–Kier alpha value is -1.80. The van der Waals surface area contributed by atoms with E-state index in [4.69, 9.17) is 4.74 Å². The molecule has 0 saturated heterocycles. The maximum absolute atomic E-state index is 10.7. The van der Waals surface area contributed by atoms with Crippen LogP contribution in [0, 0.1) is 20.8 Å². The molecule has 1 N–H and O–H groups in total. The average molecular weight is 284 g/mol. The molecule has 1 atom stereocenters. The van der Waals surface area contributed by atoms with Gasteiger partial charge in [0.2, 0.25) is 0 Å². The first-order valence-electron chi connectivity index (χ1n) is 7.41. The monoisotopic (exact) mass is 284 g/mol. The normalized spacial score (nSPS) is 12.5. The molecule has 2 nitrogen and oxygen atoms in total. The van der Waals surface area contributed by atoms with Crippen LogP contribution in [0.2, 0.25) is 0 Å². The zero-order chi connectivity index (χ0) is 15.6. The molecule has 0 aliphatic rings. The highest BCUT2D eigenvalue weighted by molar-refractivity contribution is 5.44. The Morgan fingerprint density at radius 3 is 2.14 bits per heavy atom. The maximum Gasteiger partial charge on any atom is 0.120 e. The highest BCUT2D eigenvalue weighted by atomic mass is 16.5. The SMILES string of the molecule is Cc1cc(C)c(C(O)c2cccc(OC(C)C)c2)c(C)c1. The predicted molar refractivity (Wildman–Crippen MR) is 86.9 cm³/mol. The van der Waals surface area contributed by atoms with E-state index in [0.717, 1.165) is 28.0 Å². The van der Waals surface area contributed by atoms with Crippen molar-refractivity contribution in [3.8, 4) is 5.75 Å². The minimum Gasteiger partial charge on any atom is -0.491 e. The van der Waals surface area contributed by atoms with Gasteiger partial charge in [0.25, 0.3) is 0 Å². The smallest absolute Gasteiger partial charge is 0.120 e. The largest absolute Gasteiger partial charge is 0.491 e. The summed E-state index contributed by atoms with van der Waals surface area (Å²) in [5, 5.41) is 10.7. The molecule has 2 aromatic carbocycles. The summed E-state index contributed by atoms with van der Waals surface area (Å²) in [6, 6.07) is 11.9. The Morgan fingerprint density at radius 1 is 0.952 bits per heavy atom. The summed E-state index contributed by atoms with van der Waals surface area (Å²) in [5.74, 6) is 0.795. The molecule has 0 fully saturated rings. The number of aliphatic hydroxyl groups excluding tert-OH is 1. The van der Waals surface area contributed by atoms with Gasteiger partial charge in [0.1, 0.15) is 11.9 Å². The molecular formula is C19H24O2. The molecule has 2 heteroatoms. The zero-order valence-electron chi connectivity index (χ0n) is 13.5. The van der Waals surface area contributed by atoms with Crippen molar-refractivity contribution in [2.45, 2.75) is 46.8 Å². The first kappa shape index (κ1) is 15.6. The van der Waals surface area contributed by atoms with E-state index in [-0.39, 0.29) is 6.10 Å². The van der Waals surface area contributed by atoms with Crippen LogP contribution in [0.4, 0.5) is 0 Å². The van der Waals surface area contributed by atoms with Crippen molar-refractivity contribution in [3.05, 3.63) is 64.2 Å². The lowest BCUT2D eigenvalue weighted by Crippen LogP contribution is -2.08. The minimum atomic E-state index is -0.624. The summed E-state index contributed by atoms with van der Waals surface area (Å²) >= 11 is 0. The Labute approximate surface area is 127 Å². The van der Waals surface area contributed by atoms with Crippen molar-refractivity contribution >= 4 is 0 Å². The van der Waals surface area contributed by atoms with Gasteiger partial charge in [-0.1, -0.05) is 29.8 Å². The average Bonchev–Trinajstić information content (AvgIpc) is 2.36. The Kier molecular flexibility index (Phi) is 4.69. The predicted octanol–water partition coefficient (Wildman–Crippen LogP) is 4.48. The minimum absolute atomic E-state index is 0.125. The van der Waals surface area contributed by atoms with Gasteiger partial charge in [0, 0.05) is 0 Å². The van der Waals surface area contributed by atoms with Crippen molar-refractivity contribution in [3.63, 3.8) is 0 Å². The number of hydrogen-bond acceptors (Lipinski definition) is 2. The van der Waals surface area contributed by atoms with Gasteiger partial charge in [-0.3, -0.25) is 0 Å². The quantitative estimate of drug-likeness (QED) is 0.897. The maximum atomic E-state index is 10.7. The van der Waals surface area contributed by atoms with E-state index in [2.05, 4.69) is 19.1 Å². The molecule has 0 spiro atoms. The van der Waals surface area contributed by atoms with E-state index in [0.29, 0.717) is 0 Å². The molecular weight excluding hydrogens is 260 g/mol. The van der Waals surface area contributed by atoms with Gasteiger partial charge >= 0.3 is 0 Å². The highest BCUT2D eigenvalue weighted by Crippen LogP contribution is 2.30. The van der Waals surface area contributed by atoms with E-state index >= 15 is 0 Å². The van der Waals surface area contributed by atoms with E-state index in [1.165, 1.54) is 5.56 Å². The Morgan fingerprint density at radius 2 is 1.57 bits per heavy atom. The van der Waals surface area contributed by atoms with Gasteiger partial charge < -0.3 is 9.84 Å². The molecule has 0 heterocycles. The second-order valence-corrected chi connectivity index (χ2v) is 5.95. The zero-order valence-corrected chi connectivity index (χ0v) is 13.5. The molecule has 21 heavy (non-hydrogen) atoms. The van der Waals surface area contributed by atoms with Crippen LogP contribution in [-0.4, -0.2) is 11.2 Å². The van der Waals surface area contributed by atoms with Gasteiger partial charge in [-0.2, -0.15) is 0 Å². The van der Waals surface area contributed by atoms with Crippen molar-refractivity contribution < 1.29 is 9.84 Å². The Balaban J connectivity index is 2.38. The molecule has 112 valence electrons. The fourth-order valence-electron chi connectivity index (χ4n) is 2.82. The molecule has 0 saturated carbocycles. The fourth-order valence-corrected chi connectivity index (χ4v) is 2.82. The number of ether oxygens (including phenoxy) is 1. The van der Waals surface area contributed by atoms with E-state index < -0.39 is 6.10 Å². The third-order valence-electron chi connectivity index (χ3n) is 3.56. The number of rotatable bonds is 4. The van der Waals surface area contributed by atoms with Crippen LogP contribution in [0.3, 0.4) is 0 Å². The molecule has 0 aliphatic carbocycles. The van der Waals surface area contributed by atoms with Gasteiger partial charge in [-0.25, -0.2) is 0 Å². The first-order chi connectivity index (χ1) is 9.88. The third-order valence-corrected chi connectivity index (χ3v) is 3.56. The Bertz CT molecular complexity index is 606. The van der Waals surface area contributed by atoms with Crippen LogP contribution >= 0.6 is 0 Å². The first-order valence-corrected chi connectivity index (χ1v) is 7.41. The molecule has 0 amide bonds. The second-order valence-electron chi connectivity index (χ2n) is 5.95. The van der Waals surface area contributed by atoms with Gasteiger partial charge in [0.05, 0.1) is 6.10 Å². The van der Waals surface area contributed by atoms with E-state index in [1.807, 2.05) is 52.0 Å². The number of aryl methyl sites for hydroxylation is 3. The summed E-state index contributed by atoms with van der Waals surface area (Å²) in [6.45, 7) is 10.2. The summed E-state index contributed by atoms with van der Waals surface area (Å²) in [4.78, 5) is 0. The molecule has 0 aromatic heterocycles. The summed E-state index contributed by atoms with van der Waals surface area (Å²) in [7, 11) is 0. The van der Waals surface area contributed by atoms with Gasteiger partial charge in [0.15, 0.2) is 0 Å². The molecule has 2 aromatic rings. The number of benzene rings is 2. The summed E-state index contributed by atoms with van der Waals surface area (Å²) in [5.41, 5.74) is 5.31. The number of hydrogen-bond donors (Lipinski definition) is 1. The third kappa shape index (κ3) is 3.64. The van der Waals surface area contributed by atoms with Gasteiger partial charge in [-0.15, -0.1) is 0 Å². The molecule has 2 rings (SSSR count). The van der Waals surface area contributed by atoms with Crippen molar-refractivity contribution in [1.82, 2.24) is 0 Å². The van der Waals surface area contributed by atoms with Crippen molar-refractivity contribution in [2.24, 2.45) is 0 Å². The van der Waals surface area contributed by atoms with E-state index in [1.54, 1.807) is 0 Å². The van der Waals surface area contributed by atoms with Gasteiger partial charge in [-0.05, 0) is 69.0 Å². The van der Waals surface area contributed by atoms with Crippen LogP contribution in [0.5, 0.6) is 5.75 Å². The van der Waals surface area contributed by atoms with Crippen LogP contribution < -0.4 is 4.74 Å². The number of aliphatic hydroxyl groups is 1. The lowest BCUT2D eigenvalue weighted by atomic mass is 9.92. The fraction of sp³-hybridized carbons (Fsp3) is 0.368. The van der Waals surface area contributed by atoms with Crippen molar-refractivity contribution in [1.29, 1.82) is 0 Å².